The number of hydrogen-bond donors (Lipinski definition) is 2. The SMILES string of the molecule is CC(C)N1C(=O)NCc2cnc(Nc3ccc(N4CCC(N(C)C)CC4)cc3)nc21. The average Bonchev–Trinajstić information content (AvgIpc) is 2.74. The van der Waals surface area contributed by atoms with E-state index >= 15 is 0 Å². The van der Waals surface area contributed by atoms with Gasteiger partial charge in [-0.25, -0.2) is 9.78 Å². The van der Waals surface area contributed by atoms with Crippen LogP contribution in [0.2, 0.25) is 0 Å². The van der Waals surface area contributed by atoms with Gasteiger partial charge in [-0.3, -0.25) is 4.90 Å². The number of urea groups is 1. The number of benzene rings is 1. The highest BCUT2D eigenvalue weighted by atomic mass is 16.2. The zero-order valence-corrected chi connectivity index (χ0v) is 18.2. The van der Waals surface area contributed by atoms with Crippen LogP contribution in [0.5, 0.6) is 0 Å². The molecule has 8 heteroatoms. The predicted octanol–water partition coefficient (Wildman–Crippen LogP) is 3.19. The summed E-state index contributed by atoms with van der Waals surface area (Å²) in [5.74, 6) is 1.17. The van der Waals surface area contributed by atoms with Crippen molar-refractivity contribution < 1.29 is 4.79 Å². The Morgan fingerprint density at radius 1 is 1.17 bits per heavy atom. The van der Waals surface area contributed by atoms with Gasteiger partial charge in [-0.2, -0.15) is 4.98 Å². The van der Waals surface area contributed by atoms with Crippen LogP contribution in [0.25, 0.3) is 0 Å². The van der Waals surface area contributed by atoms with Gasteiger partial charge in [0, 0.05) is 54.9 Å². The van der Waals surface area contributed by atoms with Crippen molar-refractivity contribution in [2.75, 3.05) is 42.3 Å². The fraction of sp³-hybridized carbons (Fsp3) is 0.500. The second kappa shape index (κ2) is 8.47. The lowest BCUT2D eigenvalue weighted by atomic mass is 10.0. The molecule has 1 aromatic carbocycles. The fourth-order valence-corrected chi connectivity index (χ4v) is 4.15. The summed E-state index contributed by atoms with van der Waals surface area (Å²) in [5, 5.41) is 6.14. The van der Waals surface area contributed by atoms with E-state index in [-0.39, 0.29) is 12.1 Å². The van der Waals surface area contributed by atoms with Crippen molar-refractivity contribution in [3.63, 3.8) is 0 Å². The molecule has 1 saturated heterocycles. The predicted molar refractivity (Wildman–Crippen MR) is 121 cm³/mol. The molecule has 2 amide bonds. The molecule has 3 heterocycles. The summed E-state index contributed by atoms with van der Waals surface area (Å²) in [4.78, 5) is 27.7. The molecule has 0 unspecified atom stereocenters. The van der Waals surface area contributed by atoms with Crippen LogP contribution in [0.3, 0.4) is 0 Å². The number of piperidine rings is 1. The molecular formula is C22H31N7O. The zero-order valence-electron chi connectivity index (χ0n) is 18.2. The Balaban J connectivity index is 1.45. The minimum absolute atomic E-state index is 0.0164. The largest absolute Gasteiger partial charge is 0.371 e. The van der Waals surface area contributed by atoms with Gasteiger partial charge in [0.2, 0.25) is 5.95 Å². The molecule has 0 bridgehead atoms. The van der Waals surface area contributed by atoms with Gasteiger partial charge in [0.1, 0.15) is 5.82 Å². The van der Waals surface area contributed by atoms with Gasteiger partial charge in [-0.05, 0) is 65.0 Å². The molecule has 0 saturated carbocycles. The Bertz CT molecular complexity index is 889. The number of nitrogens with one attached hydrogen (secondary N) is 2. The average molecular weight is 410 g/mol. The normalized spacial score (nSPS) is 17.3. The molecular weight excluding hydrogens is 378 g/mol. The van der Waals surface area contributed by atoms with Gasteiger partial charge in [0.15, 0.2) is 0 Å². The van der Waals surface area contributed by atoms with E-state index in [4.69, 9.17) is 0 Å². The molecule has 160 valence electrons. The molecule has 30 heavy (non-hydrogen) atoms. The van der Waals surface area contributed by atoms with E-state index in [1.807, 2.05) is 13.8 Å². The summed E-state index contributed by atoms with van der Waals surface area (Å²) in [6.45, 7) is 6.57. The highest BCUT2D eigenvalue weighted by molar-refractivity contribution is 5.94. The first kappa shape index (κ1) is 20.4. The van der Waals surface area contributed by atoms with Crippen LogP contribution in [-0.2, 0) is 6.54 Å². The molecule has 1 fully saturated rings. The lowest BCUT2D eigenvalue weighted by molar-refractivity contribution is 0.242. The van der Waals surface area contributed by atoms with Crippen molar-refractivity contribution in [2.24, 2.45) is 0 Å². The summed E-state index contributed by atoms with van der Waals surface area (Å²) in [6, 6.07) is 8.98. The highest BCUT2D eigenvalue weighted by Gasteiger charge is 2.28. The van der Waals surface area contributed by atoms with Crippen LogP contribution in [0.15, 0.2) is 30.5 Å². The van der Waals surface area contributed by atoms with Crippen molar-refractivity contribution in [1.29, 1.82) is 0 Å². The Hall–Kier alpha value is -2.87. The number of rotatable bonds is 5. The number of amides is 2. The summed E-state index contributed by atoms with van der Waals surface area (Å²) in [6.07, 6.45) is 4.16. The maximum Gasteiger partial charge on any atom is 0.323 e. The topological polar surface area (TPSA) is 76.6 Å². The monoisotopic (exact) mass is 409 g/mol. The Morgan fingerprint density at radius 2 is 1.87 bits per heavy atom. The molecule has 1 aromatic heterocycles. The molecule has 2 aliphatic rings. The molecule has 2 N–H and O–H groups in total. The molecule has 2 aliphatic heterocycles. The molecule has 4 rings (SSSR count). The minimum Gasteiger partial charge on any atom is -0.371 e. The van der Waals surface area contributed by atoms with Crippen molar-refractivity contribution in [3.8, 4) is 0 Å². The first-order chi connectivity index (χ1) is 14.4. The molecule has 0 radical (unpaired) electrons. The van der Waals surface area contributed by atoms with Gasteiger partial charge >= 0.3 is 6.03 Å². The van der Waals surface area contributed by atoms with E-state index in [9.17, 15) is 4.79 Å². The lowest BCUT2D eigenvalue weighted by Crippen LogP contribution is -2.48. The summed E-state index contributed by atoms with van der Waals surface area (Å²) in [7, 11) is 4.33. The van der Waals surface area contributed by atoms with Gasteiger partial charge in [-0.1, -0.05) is 0 Å². The van der Waals surface area contributed by atoms with E-state index in [1.54, 1.807) is 11.1 Å². The van der Waals surface area contributed by atoms with E-state index in [2.05, 4.69) is 68.8 Å². The standard InChI is InChI=1S/C22H31N7O/c1-15(2)29-20-16(14-24-22(29)30)13-23-21(26-20)25-17-5-7-19(8-6-17)28-11-9-18(10-12-28)27(3)4/h5-8,13,15,18H,9-12,14H2,1-4H3,(H,24,30)(H,23,25,26). The van der Waals surface area contributed by atoms with E-state index in [0.29, 0.717) is 24.4 Å². The lowest BCUT2D eigenvalue weighted by Gasteiger charge is -2.36. The smallest absolute Gasteiger partial charge is 0.323 e. The summed E-state index contributed by atoms with van der Waals surface area (Å²) >= 11 is 0. The highest BCUT2D eigenvalue weighted by Crippen LogP contribution is 2.27. The first-order valence-electron chi connectivity index (χ1n) is 10.6. The Labute approximate surface area is 178 Å². The number of carbonyl (C=O) groups is 1. The van der Waals surface area contributed by atoms with Crippen LogP contribution < -0.4 is 20.4 Å². The van der Waals surface area contributed by atoms with Crippen molar-refractivity contribution >= 4 is 29.2 Å². The quantitative estimate of drug-likeness (QED) is 0.790. The van der Waals surface area contributed by atoms with Crippen molar-refractivity contribution in [3.05, 3.63) is 36.0 Å². The van der Waals surface area contributed by atoms with Crippen LogP contribution in [0.4, 0.5) is 27.9 Å². The minimum atomic E-state index is -0.121. The third kappa shape index (κ3) is 4.18. The zero-order chi connectivity index (χ0) is 21.3. The van der Waals surface area contributed by atoms with Crippen molar-refractivity contribution in [1.82, 2.24) is 20.2 Å². The van der Waals surface area contributed by atoms with Crippen molar-refractivity contribution in [2.45, 2.75) is 45.3 Å². The van der Waals surface area contributed by atoms with Gasteiger partial charge in [0.05, 0.1) is 0 Å². The molecule has 0 aliphatic carbocycles. The molecule has 0 atom stereocenters. The van der Waals surface area contributed by atoms with Gasteiger partial charge in [0.25, 0.3) is 0 Å². The number of hydrogen-bond acceptors (Lipinski definition) is 6. The number of aromatic nitrogens is 2. The number of anilines is 4. The summed E-state index contributed by atoms with van der Waals surface area (Å²) in [5.41, 5.74) is 3.09. The van der Waals surface area contributed by atoms with E-state index in [1.165, 1.54) is 18.5 Å². The Morgan fingerprint density at radius 3 is 2.50 bits per heavy atom. The van der Waals surface area contributed by atoms with Crippen LogP contribution in [-0.4, -0.2) is 60.2 Å². The second-order valence-electron chi connectivity index (χ2n) is 8.52. The molecule has 0 spiro atoms. The third-order valence-corrected chi connectivity index (χ3v) is 5.92. The van der Waals surface area contributed by atoms with Crippen LogP contribution in [0.1, 0.15) is 32.3 Å². The van der Waals surface area contributed by atoms with E-state index < -0.39 is 0 Å². The second-order valence-corrected chi connectivity index (χ2v) is 8.52. The number of nitrogens with zero attached hydrogens (tertiary/aromatic N) is 5. The maximum atomic E-state index is 12.2. The van der Waals surface area contributed by atoms with Crippen LogP contribution in [0, 0.1) is 0 Å². The number of carbonyl (C=O) groups excluding carboxylic acids is 1. The molecule has 8 nitrogen and oxygen atoms in total. The van der Waals surface area contributed by atoms with Gasteiger partial charge in [-0.15, -0.1) is 0 Å². The van der Waals surface area contributed by atoms with Crippen LogP contribution >= 0.6 is 0 Å². The van der Waals surface area contributed by atoms with E-state index in [0.717, 1.165) is 24.3 Å². The van der Waals surface area contributed by atoms with Gasteiger partial charge < -0.3 is 20.4 Å². The summed E-state index contributed by atoms with van der Waals surface area (Å²) < 4.78 is 0. The number of fused-ring (bicyclic) bond motifs is 1. The first-order valence-corrected chi connectivity index (χ1v) is 10.6. The maximum absolute atomic E-state index is 12.2. The third-order valence-electron chi connectivity index (χ3n) is 5.92. The Kier molecular flexibility index (Phi) is 5.76. The molecule has 2 aromatic rings. The fourth-order valence-electron chi connectivity index (χ4n) is 4.15.